The summed E-state index contributed by atoms with van der Waals surface area (Å²) in [6.07, 6.45) is 3.09. The van der Waals surface area contributed by atoms with Gasteiger partial charge < -0.3 is 10.0 Å². The summed E-state index contributed by atoms with van der Waals surface area (Å²) in [7, 11) is -1.50. The van der Waals surface area contributed by atoms with Gasteiger partial charge in [-0.1, -0.05) is 12.1 Å². The third kappa shape index (κ3) is 3.94. The lowest BCUT2D eigenvalue weighted by Crippen LogP contribution is -2.32. The van der Waals surface area contributed by atoms with Crippen molar-refractivity contribution < 1.29 is 13.5 Å². The van der Waals surface area contributed by atoms with Crippen LogP contribution in [0.25, 0.3) is 0 Å². The van der Waals surface area contributed by atoms with E-state index in [2.05, 4.69) is 16.7 Å². The SMILES string of the molecule is CN1CCC(CCNS(=O)(=O)c2ccccc2O)CC1. The van der Waals surface area contributed by atoms with E-state index in [4.69, 9.17) is 0 Å². The molecule has 0 unspecified atom stereocenters. The van der Waals surface area contributed by atoms with Crippen LogP contribution in [0.2, 0.25) is 0 Å². The first kappa shape index (κ1) is 15.3. The van der Waals surface area contributed by atoms with Crippen molar-refractivity contribution in [3.63, 3.8) is 0 Å². The summed E-state index contributed by atoms with van der Waals surface area (Å²) in [5.74, 6) is 0.373. The molecule has 2 N–H and O–H groups in total. The highest BCUT2D eigenvalue weighted by Gasteiger charge is 2.20. The Morgan fingerprint density at radius 3 is 2.60 bits per heavy atom. The van der Waals surface area contributed by atoms with Crippen molar-refractivity contribution in [2.45, 2.75) is 24.2 Å². The number of rotatable bonds is 5. The standard InChI is InChI=1S/C14H22N2O3S/c1-16-10-7-12(8-11-16)6-9-15-20(18,19)14-5-3-2-4-13(14)17/h2-5,12,15,17H,6-11H2,1H3. The minimum Gasteiger partial charge on any atom is -0.507 e. The minimum atomic E-state index is -3.61. The molecule has 1 aromatic carbocycles. The molecule has 1 aliphatic rings. The maximum absolute atomic E-state index is 12.1. The van der Waals surface area contributed by atoms with Crippen molar-refractivity contribution >= 4 is 10.0 Å². The van der Waals surface area contributed by atoms with E-state index < -0.39 is 10.0 Å². The average molecular weight is 298 g/mol. The van der Waals surface area contributed by atoms with Crippen LogP contribution in [-0.4, -0.2) is 45.1 Å². The summed E-state index contributed by atoms with van der Waals surface area (Å²) < 4.78 is 26.7. The fourth-order valence-corrected chi connectivity index (χ4v) is 3.65. The van der Waals surface area contributed by atoms with Crippen molar-refractivity contribution in [1.29, 1.82) is 0 Å². The predicted molar refractivity (Wildman–Crippen MR) is 78.1 cm³/mol. The first-order valence-corrected chi connectivity index (χ1v) is 8.43. The molecular formula is C14H22N2O3S. The van der Waals surface area contributed by atoms with Crippen LogP contribution in [-0.2, 0) is 10.0 Å². The topological polar surface area (TPSA) is 69.6 Å². The molecule has 1 heterocycles. The molecule has 2 rings (SSSR count). The van der Waals surface area contributed by atoms with Crippen LogP contribution in [0.5, 0.6) is 5.75 Å². The van der Waals surface area contributed by atoms with E-state index in [0.717, 1.165) is 32.4 Å². The largest absolute Gasteiger partial charge is 0.507 e. The molecule has 1 aliphatic heterocycles. The number of hydrogen-bond acceptors (Lipinski definition) is 4. The number of phenolic OH excluding ortho intramolecular Hbond substituents is 1. The lowest BCUT2D eigenvalue weighted by Gasteiger charge is -2.28. The Hall–Kier alpha value is -1.11. The lowest BCUT2D eigenvalue weighted by atomic mass is 9.94. The first-order chi connectivity index (χ1) is 9.49. The van der Waals surface area contributed by atoms with Crippen LogP contribution >= 0.6 is 0 Å². The third-order valence-corrected chi connectivity index (χ3v) is 5.35. The maximum Gasteiger partial charge on any atom is 0.244 e. The Morgan fingerprint density at radius 2 is 1.95 bits per heavy atom. The van der Waals surface area contributed by atoms with Gasteiger partial charge in [0.05, 0.1) is 0 Å². The Morgan fingerprint density at radius 1 is 1.30 bits per heavy atom. The molecule has 6 heteroatoms. The van der Waals surface area contributed by atoms with Crippen molar-refractivity contribution in [2.75, 3.05) is 26.7 Å². The molecule has 20 heavy (non-hydrogen) atoms. The summed E-state index contributed by atoms with van der Waals surface area (Å²) in [6, 6.07) is 6.00. The van der Waals surface area contributed by atoms with Gasteiger partial charge in [0.2, 0.25) is 10.0 Å². The number of para-hydroxylation sites is 1. The normalized spacial score (nSPS) is 18.2. The lowest BCUT2D eigenvalue weighted by molar-refractivity contribution is 0.213. The van der Waals surface area contributed by atoms with Gasteiger partial charge in [-0.2, -0.15) is 0 Å². The highest BCUT2D eigenvalue weighted by molar-refractivity contribution is 7.89. The number of nitrogens with one attached hydrogen (secondary N) is 1. The van der Waals surface area contributed by atoms with Crippen molar-refractivity contribution in [2.24, 2.45) is 5.92 Å². The molecule has 0 atom stereocenters. The Kier molecular flexibility index (Phi) is 5.01. The highest BCUT2D eigenvalue weighted by Crippen LogP contribution is 2.22. The van der Waals surface area contributed by atoms with E-state index >= 15 is 0 Å². The van der Waals surface area contributed by atoms with E-state index in [1.165, 1.54) is 12.1 Å². The number of sulfonamides is 1. The van der Waals surface area contributed by atoms with Gasteiger partial charge in [0.1, 0.15) is 10.6 Å². The zero-order valence-corrected chi connectivity index (χ0v) is 12.6. The number of benzene rings is 1. The fourth-order valence-electron chi connectivity index (χ4n) is 2.51. The molecule has 112 valence electrons. The average Bonchev–Trinajstić information content (AvgIpc) is 2.41. The second kappa shape index (κ2) is 6.56. The number of aromatic hydroxyl groups is 1. The van der Waals surface area contributed by atoms with Gasteiger partial charge in [0, 0.05) is 6.54 Å². The molecule has 0 aromatic heterocycles. The van der Waals surface area contributed by atoms with E-state index in [0.29, 0.717) is 12.5 Å². The van der Waals surface area contributed by atoms with Gasteiger partial charge >= 0.3 is 0 Å². The van der Waals surface area contributed by atoms with Crippen LogP contribution in [0.4, 0.5) is 0 Å². The summed E-state index contributed by atoms with van der Waals surface area (Å²) in [5, 5.41) is 9.60. The minimum absolute atomic E-state index is 0.0524. The van der Waals surface area contributed by atoms with E-state index in [1.54, 1.807) is 12.1 Å². The van der Waals surface area contributed by atoms with Gasteiger partial charge in [0.25, 0.3) is 0 Å². The first-order valence-electron chi connectivity index (χ1n) is 6.95. The molecule has 0 saturated carbocycles. The molecule has 0 aliphatic carbocycles. The van der Waals surface area contributed by atoms with Crippen molar-refractivity contribution in [1.82, 2.24) is 9.62 Å². The predicted octanol–water partition coefficient (Wildman–Crippen LogP) is 1.40. The fraction of sp³-hybridized carbons (Fsp3) is 0.571. The molecule has 5 nitrogen and oxygen atoms in total. The molecule has 1 fully saturated rings. The number of hydrogen-bond donors (Lipinski definition) is 2. The van der Waals surface area contributed by atoms with Gasteiger partial charge in [0.15, 0.2) is 0 Å². The number of nitrogens with zero attached hydrogens (tertiary/aromatic N) is 1. The van der Waals surface area contributed by atoms with E-state index in [1.807, 2.05) is 0 Å². The van der Waals surface area contributed by atoms with Crippen molar-refractivity contribution in [3.8, 4) is 5.75 Å². The molecule has 1 saturated heterocycles. The van der Waals surface area contributed by atoms with Crippen LogP contribution in [0.15, 0.2) is 29.2 Å². The van der Waals surface area contributed by atoms with E-state index in [9.17, 15) is 13.5 Å². The summed E-state index contributed by atoms with van der Waals surface area (Å²) in [5.41, 5.74) is 0. The Bertz CT molecular complexity index is 537. The molecule has 0 amide bonds. The molecule has 0 spiro atoms. The molecule has 1 aromatic rings. The van der Waals surface area contributed by atoms with Gasteiger partial charge in [-0.05, 0) is 57.5 Å². The monoisotopic (exact) mass is 298 g/mol. The summed E-state index contributed by atoms with van der Waals surface area (Å²) in [4.78, 5) is 2.24. The van der Waals surface area contributed by atoms with Crippen molar-refractivity contribution in [3.05, 3.63) is 24.3 Å². The number of piperidine rings is 1. The van der Waals surface area contributed by atoms with Crippen LogP contribution in [0, 0.1) is 5.92 Å². The smallest absolute Gasteiger partial charge is 0.244 e. The molecule has 0 bridgehead atoms. The van der Waals surface area contributed by atoms with Gasteiger partial charge in [-0.3, -0.25) is 0 Å². The van der Waals surface area contributed by atoms with Crippen LogP contribution in [0.3, 0.4) is 0 Å². The molecule has 0 radical (unpaired) electrons. The van der Waals surface area contributed by atoms with Crippen LogP contribution in [0.1, 0.15) is 19.3 Å². The maximum atomic E-state index is 12.1. The quantitative estimate of drug-likeness (QED) is 0.862. The highest BCUT2D eigenvalue weighted by atomic mass is 32.2. The van der Waals surface area contributed by atoms with Gasteiger partial charge in [-0.25, -0.2) is 13.1 Å². The number of phenols is 1. The molecular weight excluding hydrogens is 276 g/mol. The number of likely N-dealkylation sites (tertiary alicyclic amines) is 1. The Labute approximate surface area is 120 Å². The zero-order valence-electron chi connectivity index (χ0n) is 11.7. The van der Waals surface area contributed by atoms with Crippen LogP contribution < -0.4 is 4.72 Å². The third-order valence-electron chi connectivity index (χ3n) is 3.84. The van der Waals surface area contributed by atoms with E-state index in [-0.39, 0.29) is 10.6 Å². The zero-order chi connectivity index (χ0) is 14.6. The second-order valence-corrected chi connectivity index (χ2v) is 7.14. The Balaban J connectivity index is 1.86. The summed E-state index contributed by atoms with van der Waals surface area (Å²) in [6.45, 7) is 2.58. The second-order valence-electron chi connectivity index (χ2n) is 5.40. The summed E-state index contributed by atoms with van der Waals surface area (Å²) >= 11 is 0. The van der Waals surface area contributed by atoms with Gasteiger partial charge in [-0.15, -0.1) is 0 Å².